The van der Waals surface area contributed by atoms with Gasteiger partial charge in [-0.05, 0) is 24.6 Å². The summed E-state index contributed by atoms with van der Waals surface area (Å²) in [7, 11) is 1.75. The van der Waals surface area contributed by atoms with E-state index in [4.69, 9.17) is 5.73 Å². The predicted molar refractivity (Wildman–Crippen MR) is 75.6 cm³/mol. The summed E-state index contributed by atoms with van der Waals surface area (Å²) in [6.07, 6.45) is 1.57. The lowest BCUT2D eigenvalue weighted by molar-refractivity contribution is 0.0780. The molecule has 1 heterocycles. The van der Waals surface area contributed by atoms with Gasteiger partial charge in [0.25, 0.3) is 5.91 Å². The van der Waals surface area contributed by atoms with Crippen LogP contribution in [0.4, 0.5) is 5.69 Å². The van der Waals surface area contributed by atoms with Gasteiger partial charge in [0.15, 0.2) is 5.69 Å². The fourth-order valence-electron chi connectivity index (χ4n) is 1.82. The summed E-state index contributed by atoms with van der Waals surface area (Å²) in [5.74, 6) is -0.168. The van der Waals surface area contributed by atoms with Crippen LogP contribution in [0.25, 0.3) is 0 Å². The number of hydrogen-bond acceptors (Lipinski definition) is 3. The molecule has 0 atom stereocenters. The first kappa shape index (κ1) is 13.1. The SMILES string of the molecule is Cc1ccc(CN(C)C(=O)c2ncccc2N)cc1. The van der Waals surface area contributed by atoms with Crippen LogP contribution < -0.4 is 5.73 Å². The Morgan fingerprint density at radius 1 is 1.26 bits per heavy atom. The lowest BCUT2D eigenvalue weighted by atomic mass is 10.1. The van der Waals surface area contributed by atoms with Crippen LogP contribution in [0.1, 0.15) is 21.6 Å². The largest absolute Gasteiger partial charge is 0.397 e. The number of benzene rings is 1. The summed E-state index contributed by atoms with van der Waals surface area (Å²) in [6, 6.07) is 11.5. The molecule has 4 nitrogen and oxygen atoms in total. The Morgan fingerprint density at radius 2 is 1.95 bits per heavy atom. The van der Waals surface area contributed by atoms with Crippen LogP contribution in [0.2, 0.25) is 0 Å². The maximum absolute atomic E-state index is 12.2. The Morgan fingerprint density at radius 3 is 2.58 bits per heavy atom. The third-order valence-corrected chi connectivity index (χ3v) is 2.93. The van der Waals surface area contributed by atoms with E-state index in [0.29, 0.717) is 17.9 Å². The van der Waals surface area contributed by atoms with Gasteiger partial charge in [-0.15, -0.1) is 0 Å². The van der Waals surface area contributed by atoms with E-state index in [-0.39, 0.29) is 5.91 Å². The fraction of sp³-hybridized carbons (Fsp3) is 0.200. The van der Waals surface area contributed by atoms with Gasteiger partial charge in [-0.25, -0.2) is 4.98 Å². The second kappa shape index (κ2) is 5.52. The number of aromatic nitrogens is 1. The molecule has 0 saturated heterocycles. The molecule has 19 heavy (non-hydrogen) atoms. The summed E-state index contributed by atoms with van der Waals surface area (Å²) in [4.78, 5) is 17.9. The van der Waals surface area contributed by atoms with Crippen LogP contribution >= 0.6 is 0 Å². The average Bonchev–Trinajstić information content (AvgIpc) is 2.41. The Bertz CT molecular complexity index is 578. The second-order valence-electron chi connectivity index (χ2n) is 4.59. The molecule has 0 spiro atoms. The molecule has 1 aromatic heterocycles. The highest BCUT2D eigenvalue weighted by atomic mass is 16.2. The van der Waals surface area contributed by atoms with Crippen molar-refractivity contribution in [1.82, 2.24) is 9.88 Å². The van der Waals surface area contributed by atoms with E-state index >= 15 is 0 Å². The molecule has 4 heteroatoms. The van der Waals surface area contributed by atoms with Crippen molar-refractivity contribution in [3.05, 3.63) is 59.4 Å². The van der Waals surface area contributed by atoms with Crippen LogP contribution in [0, 0.1) is 6.92 Å². The van der Waals surface area contributed by atoms with Gasteiger partial charge in [-0.2, -0.15) is 0 Å². The number of nitrogens with zero attached hydrogens (tertiary/aromatic N) is 2. The van der Waals surface area contributed by atoms with Crippen molar-refractivity contribution < 1.29 is 4.79 Å². The zero-order chi connectivity index (χ0) is 13.8. The highest BCUT2D eigenvalue weighted by molar-refractivity contribution is 5.96. The van der Waals surface area contributed by atoms with Crippen LogP contribution in [-0.4, -0.2) is 22.8 Å². The molecule has 98 valence electrons. The zero-order valence-corrected chi connectivity index (χ0v) is 11.1. The molecule has 0 bridgehead atoms. The van der Waals surface area contributed by atoms with E-state index in [1.165, 1.54) is 5.56 Å². The Kier molecular flexibility index (Phi) is 3.80. The van der Waals surface area contributed by atoms with Gasteiger partial charge in [0, 0.05) is 19.8 Å². The third-order valence-electron chi connectivity index (χ3n) is 2.93. The van der Waals surface area contributed by atoms with E-state index in [2.05, 4.69) is 4.98 Å². The van der Waals surface area contributed by atoms with Crippen LogP contribution in [0.15, 0.2) is 42.6 Å². The van der Waals surface area contributed by atoms with Crippen LogP contribution in [0.5, 0.6) is 0 Å². The number of aryl methyl sites for hydroxylation is 1. The topological polar surface area (TPSA) is 59.2 Å². The van der Waals surface area contributed by atoms with Gasteiger partial charge >= 0.3 is 0 Å². The molecular formula is C15H17N3O. The minimum Gasteiger partial charge on any atom is -0.397 e. The fourth-order valence-corrected chi connectivity index (χ4v) is 1.82. The van der Waals surface area contributed by atoms with Gasteiger partial charge in [0.05, 0.1) is 5.69 Å². The van der Waals surface area contributed by atoms with E-state index in [0.717, 1.165) is 5.56 Å². The minimum absolute atomic E-state index is 0.168. The summed E-state index contributed by atoms with van der Waals surface area (Å²) < 4.78 is 0. The van der Waals surface area contributed by atoms with Crippen molar-refractivity contribution in [3.8, 4) is 0 Å². The molecule has 0 fully saturated rings. The quantitative estimate of drug-likeness (QED) is 0.915. The van der Waals surface area contributed by atoms with Gasteiger partial charge in [-0.3, -0.25) is 4.79 Å². The standard InChI is InChI=1S/C15H17N3O/c1-11-5-7-12(8-6-11)10-18(2)15(19)14-13(16)4-3-9-17-14/h3-9H,10,16H2,1-2H3. The van der Waals surface area contributed by atoms with E-state index in [1.54, 1.807) is 30.3 Å². The number of carbonyl (C=O) groups excluding carboxylic acids is 1. The minimum atomic E-state index is -0.168. The molecule has 0 radical (unpaired) electrons. The average molecular weight is 255 g/mol. The number of hydrogen-bond donors (Lipinski definition) is 1. The van der Waals surface area contributed by atoms with Gasteiger partial charge in [0.2, 0.25) is 0 Å². The van der Waals surface area contributed by atoms with E-state index in [1.807, 2.05) is 31.2 Å². The lowest BCUT2D eigenvalue weighted by Gasteiger charge is -2.17. The van der Waals surface area contributed by atoms with E-state index in [9.17, 15) is 4.79 Å². The first-order chi connectivity index (χ1) is 9.08. The first-order valence-corrected chi connectivity index (χ1v) is 6.09. The zero-order valence-electron chi connectivity index (χ0n) is 11.1. The lowest BCUT2D eigenvalue weighted by Crippen LogP contribution is -2.27. The second-order valence-corrected chi connectivity index (χ2v) is 4.59. The number of pyridine rings is 1. The summed E-state index contributed by atoms with van der Waals surface area (Å²) in [5.41, 5.74) is 8.75. The van der Waals surface area contributed by atoms with Crippen molar-refractivity contribution in [3.63, 3.8) is 0 Å². The number of rotatable bonds is 3. The summed E-state index contributed by atoms with van der Waals surface area (Å²) in [5, 5.41) is 0. The molecule has 0 saturated carbocycles. The highest BCUT2D eigenvalue weighted by Crippen LogP contribution is 2.12. The molecular weight excluding hydrogens is 238 g/mol. The molecule has 0 unspecified atom stereocenters. The molecule has 1 aromatic carbocycles. The Labute approximate surface area is 112 Å². The number of nitrogen functional groups attached to an aromatic ring is 1. The van der Waals surface area contributed by atoms with Gasteiger partial charge in [0.1, 0.15) is 0 Å². The Balaban J connectivity index is 2.12. The van der Waals surface area contributed by atoms with E-state index < -0.39 is 0 Å². The molecule has 0 aliphatic carbocycles. The Hall–Kier alpha value is -2.36. The molecule has 0 aliphatic rings. The number of amides is 1. The number of nitrogens with two attached hydrogens (primary N) is 1. The molecule has 0 aliphatic heterocycles. The number of anilines is 1. The van der Waals surface area contributed by atoms with Crippen molar-refractivity contribution in [2.75, 3.05) is 12.8 Å². The molecule has 2 aromatic rings. The monoisotopic (exact) mass is 255 g/mol. The van der Waals surface area contributed by atoms with Crippen LogP contribution in [0.3, 0.4) is 0 Å². The molecule has 2 N–H and O–H groups in total. The maximum atomic E-state index is 12.2. The third kappa shape index (κ3) is 3.10. The van der Waals surface area contributed by atoms with Crippen molar-refractivity contribution in [2.24, 2.45) is 0 Å². The van der Waals surface area contributed by atoms with Crippen LogP contribution in [-0.2, 0) is 6.54 Å². The smallest absolute Gasteiger partial charge is 0.274 e. The van der Waals surface area contributed by atoms with Crippen molar-refractivity contribution >= 4 is 11.6 Å². The summed E-state index contributed by atoms with van der Waals surface area (Å²) in [6.45, 7) is 2.57. The molecule has 1 amide bonds. The van der Waals surface area contributed by atoms with Gasteiger partial charge < -0.3 is 10.6 Å². The van der Waals surface area contributed by atoms with Crippen molar-refractivity contribution in [1.29, 1.82) is 0 Å². The maximum Gasteiger partial charge on any atom is 0.274 e. The van der Waals surface area contributed by atoms with Gasteiger partial charge in [-0.1, -0.05) is 29.8 Å². The predicted octanol–water partition coefficient (Wildman–Crippen LogP) is 2.24. The summed E-state index contributed by atoms with van der Waals surface area (Å²) >= 11 is 0. The highest BCUT2D eigenvalue weighted by Gasteiger charge is 2.15. The van der Waals surface area contributed by atoms with Crippen molar-refractivity contribution in [2.45, 2.75) is 13.5 Å². The normalized spacial score (nSPS) is 10.2. The molecule has 2 rings (SSSR count). The number of carbonyl (C=O) groups is 1. The first-order valence-electron chi connectivity index (χ1n) is 6.09.